The first-order chi connectivity index (χ1) is 11.5. The number of halogens is 1. The Morgan fingerprint density at radius 1 is 1.04 bits per heavy atom. The van der Waals surface area contributed by atoms with Crippen molar-refractivity contribution in [2.45, 2.75) is 19.9 Å². The lowest BCUT2D eigenvalue weighted by molar-refractivity contribution is -0.124. The SMILES string of the molecule is COc1ccc([C@@H](NC(=O)COc2ccc(Br)cc2)C(C)C)cc1. The highest BCUT2D eigenvalue weighted by Gasteiger charge is 2.18. The summed E-state index contributed by atoms with van der Waals surface area (Å²) in [6, 6.07) is 15.1. The summed E-state index contributed by atoms with van der Waals surface area (Å²) < 4.78 is 11.7. The summed E-state index contributed by atoms with van der Waals surface area (Å²) in [5, 5.41) is 3.04. The summed E-state index contributed by atoms with van der Waals surface area (Å²) in [6.07, 6.45) is 0. The summed E-state index contributed by atoms with van der Waals surface area (Å²) in [6.45, 7) is 4.14. The fraction of sp³-hybridized carbons (Fsp3) is 0.316. The fourth-order valence-electron chi connectivity index (χ4n) is 2.34. The van der Waals surface area contributed by atoms with Gasteiger partial charge in [0, 0.05) is 4.47 Å². The van der Waals surface area contributed by atoms with Crippen LogP contribution in [0.4, 0.5) is 0 Å². The molecule has 0 aliphatic rings. The van der Waals surface area contributed by atoms with E-state index >= 15 is 0 Å². The Morgan fingerprint density at radius 3 is 2.17 bits per heavy atom. The summed E-state index contributed by atoms with van der Waals surface area (Å²) in [5.41, 5.74) is 1.04. The maximum Gasteiger partial charge on any atom is 0.258 e. The van der Waals surface area contributed by atoms with E-state index in [-0.39, 0.29) is 24.5 Å². The molecule has 0 fully saturated rings. The first-order valence-electron chi connectivity index (χ1n) is 7.81. The molecule has 0 aliphatic heterocycles. The molecule has 0 saturated heterocycles. The molecule has 24 heavy (non-hydrogen) atoms. The molecular weight excluding hydrogens is 370 g/mol. The Hall–Kier alpha value is -2.01. The third-order valence-electron chi connectivity index (χ3n) is 3.64. The van der Waals surface area contributed by atoms with E-state index in [1.165, 1.54) is 0 Å². The van der Waals surface area contributed by atoms with Crippen molar-refractivity contribution in [3.8, 4) is 11.5 Å². The fourth-order valence-corrected chi connectivity index (χ4v) is 2.61. The van der Waals surface area contributed by atoms with E-state index in [1.807, 2.05) is 48.5 Å². The molecule has 5 heteroatoms. The summed E-state index contributed by atoms with van der Waals surface area (Å²) in [5.74, 6) is 1.58. The normalized spacial score (nSPS) is 11.9. The molecule has 1 amide bonds. The van der Waals surface area contributed by atoms with Crippen molar-refractivity contribution in [3.63, 3.8) is 0 Å². The Bertz CT molecular complexity index is 653. The first kappa shape index (κ1) is 18.3. The number of carbonyl (C=O) groups is 1. The van der Waals surface area contributed by atoms with Gasteiger partial charge in [-0.3, -0.25) is 4.79 Å². The molecule has 0 heterocycles. The van der Waals surface area contributed by atoms with Crippen LogP contribution in [0.25, 0.3) is 0 Å². The molecule has 0 unspecified atom stereocenters. The van der Waals surface area contributed by atoms with Crippen molar-refractivity contribution in [1.82, 2.24) is 5.32 Å². The molecule has 0 bridgehead atoms. The van der Waals surface area contributed by atoms with Gasteiger partial charge in [-0.1, -0.05) is 41.9 Å². The summed E-state index contributed by atoms with van der Waals surface area (Å²) in [7, 11) is 1.64. The second-order valence-electron chi connectivity index (χ2n) is 5.80. The van der Waals surface area contributed by atoms with E-state index in [9.17, 15) is 4.79 Å². The largest absolute Gasteiger partial charge is 0.497 e. The van der Waals surface area contributed by atoms with Crippen LogP contribution in [-0.4, -0.2) is 19.6 Å². The van der Waals surface area contributed by atoms with E-state index in [0.717, 1.165) is 15.8 Å². The highest BCUT2D eigenvalue weighted by Crippen LogP contribution is 2.24. The quantitative estimate of drug-likeness (QED) is 0.762. The second kappa shape index (κ2) is 8.73. The summed E-state index contributed by atoms with van der Waals surface area (Å²) in [4.78, 5) is 12.2. The summed E-state index contributed by atoms with van der Waals surface area (Å²) >= 11 is 3.37. The number of nitrogens with one attached hydrogen (secondary N) is 1. The van der Waals surface area contributed by atoms with Gasteiger partial charge in [0.1, 0.15) is 11.5 Å². The van der Waals surface area contributed by atoms with Crippen LogP contribution >= 0.6 is 15.9 Å². The minimum atomic E-state index is -0.146. The molecule has 2 aromatic rings. The molecule has 4 nitrogen and oxygen atoms in total. The topological polar surface area (TPSA) is 47.6 Å². The van der Waals surface area contributed by atoms with Crippen LogP contribution in [0.2, 0.25) is 0 Å². The number of benzene rings is 2. The van der Waals surface area contributed by atoms with Crippen molar-refractivity contribution < 1.29 is 14.3 Å². The minimum absolute atomic E-state index is 0.0129. The number of amides is 1. The number of hydrogen-bond donors (Lipinski definition) is 1. The van der Waals surface area contributed by atoms with Crippen LogP contribution in [0.1, 0.15) is 25.5 Å². The molecule has 0 radical (unpaired) electrons. The van der Waals surface area contributed by atoms with Crippen LogP contribution in [0.3, 0.4) is 0 Å². The van der Waals surface area contributed by atoms with Crippen LogP contribution in [0.5, 0.6) is 11.5 Å². The third-order valence-corrected chi connectivity index (χ3v) is 4.17. The van der Waals surface area contributed by atoms with Crippen molar-refractivity contribution >= 4 is 21.8 Å². The lowest BCUT2D eigenvalue weighted by Gasteiger charge is -2.23. The third kappa shape index (κ3) is 5.27. The van der Waals surface area contributed by atoms with E-state index in [0.29, 0.717) is 5.75 Å². The second-order valence-corrected chi connectivity index (χ2v) is 6.72. The van der Waals surface area contributed by atoms with E-state index in [1.54, 1.807) is 7.11 Å². The molecule has 0 spiro atoms. The highest BCUT2D eigenvalue weighted by molar-refractivity contribution is 9.10. The van der Waals surface area contributed by atoms with Gasteiger partial charge < -0.3 is 14.8 Å². The highest BCUT2D eigenvalue weighted by atomic mass is 79.9. The average molecular weight is 392 g/mol. The zero-order valence-corrected chi connectivity index (χ0v) is 15.7. The van der Waals surface area contributed by atoms with Crippen LogP contribution in [0, 0.1) is 5.92 Å². The number of rotatable bonds is 7. The molecule has 0 aliphatic carbocycles. The number of hydrogen-bond acceptors (Lipinski definition) is 3. The van der Waals surface area contributed by atoms with E-state index in [4.69, 9.17) is 9.47 Å². The standard InChI is InChI=1S/C19H22BrNO3/c1-13(2)19(14-4-8-16(23-3)9-5-14)21-18(22)12-24-17-10-6-15(20)7-11-17/h4-11,13,19H,12H2,1-3H3,(H,21,22)/t19-/m0/s1. The van der Waals surface area contributed by atoms with Gasteiger partial charge in [-0.15, -0.1) is 0 Å². The first-order valence-corrected chi connectivity index (χ1v) is 8.60. The Morgan fingerprint density at radius 2 is 1.62 bits per heavy atom. The molecule has 2 aromatic carbocycles. The Balaban J connectivity index is 1.96. The van der Waals surface area contributed by atoms with Gasteiger partial charge in [0.25, 0.3) is 5.91 Å². The maximum absolute atomic E-state index is 12.2. The predicted molar refractivity (Wildman–Crippen MR) is 98.4 cm³/mol. The van der Waals surface area contributed by atoms with Crippen molar-refractivity contribution in [2.75, 3.05) is 13.7 Å². The molecule has 1 atom stereocenters. The van der Waals surface area contributed by atoms with Gasteiger partial charge in [0.15, 0.2) is 6.61 Å². The van der Waals surface area contributed by atoms with E-state index in [2.05, 4.69) is 35.1 Å². The predicted octanol–water partition coefficient (Wildman–Crippen LogP) is 4.35. The lowest BCUT2D eigenvalue weighted by Crippen LogP contribution is -2.35. The zero-order valence-electron chi connectivity index (χ0n) is 14.1. The van der Waals surface area contributed by atoms with Crippen LogP contribution < -0.4 is 14.8 Å². The minimum Gasteiger partial charge on any atom is -0.497 e. The molecule has 0 saturated carbocycles. The number of methoxy groups -OCH3 is 1. The van der Waals surface area contributed by atoms with Gasteiger partial charge in [0.05, 0.1) is 13.2 Å². The molecule has 128 valence electrons. The van der Waals surface area contributed by atoms with Crippen LogP contribution in [-0.2, 0) is 4.79 Å². The Kier molecular flexibility index (Phi) is 6.67. The lowest BCUT2D eigenvalue weighted by atomic mass is 9.96. The van der Waals surface area contributed by atoms with Gasteiger partial charge >= 0.3 is 0 Å². The number of ether oxygens (including phenoxy) is 2. The molecule has 0 aromatic heterocycles. The van der Waals surface area contributed by atoms with E-state index < -0.39 is 0 Å². The smallest absolute Gasteiger partial charge is 0.258 e. The van der Waals surface area contributed by atoms with Crippen molar-refractivity contribution in [2.24, 2.45) is 5.92 Å². The van der Waals surface area contributed by atoms with Gasteiger partial charge in [0.2, 0.25) is 0 Å². The maximum atomic E-state index is 12.2. The monoisotopic (exact) mass is 391 g/mol. The van der Waals surface area contributed by atoms with Crippen LogP contribution in [0.15, 0.2) is 53.0 Å². The van der Waals surface area contributed by atoms with Gasteiger partial charge in [-0.2, -0.15) is 0 Å². The number of carbonyl (C=O) groups excluding carboxylic acids is 1. The van der Waals surface area contributed by atoms with Crippen molar-refractivity contribution in [3.05, 3.63) is 58.6 Å². The average Bonchev–Trinajstić information content (AvgIpc) is 2.59. The molecule has 1 N–H and O–H groups in total. The zero-order chi connectivity index (χ0) is 17.5. The Labute approximate surface area is 151 Å². The van der Waals surface area contributed by atoms with Gasteiger partial charge in [-0.25, -0.2) is 0 Å². The molecular formula is C19H22BrNO3. The van der Waals surface area contributed by atoms with Crippen molar-refractivity contribution in [1.29, 1.82) is 0 Å². The molecule has 2 rings (SSSR count). The van der Waals surface area contributed by atoms with Gasteiger partial charge in [-0.05, 0) is 47.9 Å².